The van der Waals surface area contributed by atoms with Gasteiger partial charge in [-0.25, -0.2) is 0 Å². The Bertz CT molecular complexity index is 600. The van der Waals surface area contributed by atoms with E-state index in [1.165, 1.54) is 0 Å². The van der Waals surface area contributed by atoms with E-state index in [4.69, 9.17) is 20.9 Å². The number of hydrogen-bond donors (Lipinski definition) is 0. The zero-order valence-electron chi connectivity index (χ0n) is 10.6. The number of nitrogens with zero attached hydrogens (tertiary/aromatic N) is 2. The minimum atomic E-state index is -1.12. The minimum Gasteiger partial charge on any atom is -0.495 e. The highest BCUT2D eigenvalue weighted by Crippen LogP contribution is 2.25. The molecular formula is C12H13ClN2O3S. The van der Waals surface area contributed by atoms with Crippen molar-refractivity contribution in [2.24, 2.45) is 0 Å². The van der Waals surface area contributed by atoms with Crippen molar-refractivity contribution in [3.63, 3.8) is 0 Å². The molecule has 0 amide bonds. The van der Waals surface area contributed by atoms with Crippen LogP contribution in [0.25, 0.3) is 0 Å². The molecule has 0 aliphatic rings. The summed E-state index contributed by atoms with van der Waals surface area (Å²) < 4.78 is 22.0. The number of aryl methyl sites for hydroxylation is 1. The monoisotopic (exact) mass is 300 g/mol. The lowest BCUT2D eigenvalue weighted by Gasteiger charge is -2.05. The van der Waals surface area contributed by atoms with Crippen LogP contribution in [0.4, 0.5) is 0 Å². The fourth-order valence-electron chi connectivity index (χ4n) is 1.57. The maximum atomic E-state index is 12.0. The molecule has 0 aliphatic heterocycles. The van der Waals surface area contributed by atoms with Gasteiger partial charge in [0.1, 0.15) is 11.5 Å². The molecule has 19 heavy (non-hydrogen) atoms. The van der Waals surface area contributed by atoms with Crippen LogP contribution in [-0.2, 0) is 22.3 Å². The molecular weight excluding hydrogens is 288 g/mol. The van der Waals surface area contributed by atoms with E-state index in [1.54, 1.807) is 26.2 Å². The summed E-state index contributed by atoms with van der Waals surface area (Å²) in [5.74, 6) is 2.15. The van der Waals surface area contributed by atoms with Crippen LogP contribution in [0.5, 0.6) is 5.75 Å². The fourth-order valence-corrected chi connectivity index (χ4v) is 2.90. The summed E-state index contributed by atoms with van der Waals surface area (Å²) in [7, 11) is 0.431. The van der Waals surface area contributed by atoms with Gasteiger partial charge >= 0.3 is 0 Å². The number of aromatic nitrogens is 2. The summed E-state index contributed by atoms with van der Waals surface area (Å²) in [4.78, 5) is 4.02. The van der Waals surface area contributed by atoms with Crippen molar-refractivity contribution in [2.45, 2.75) is 18.4 Å². The summed E-state index contributed by atoms with van der Waals surface area (Å²) in [6, 6.07) is 5.34. The molecule has 5 nitrogen and oxygen atoms in total. The molecule has 0 saturated carbocycles. The van der Waals surface area contributed by atoms with Crippen molar-refractivity contribution in [1.29, 1.82) is 0 Å². The lowest BCUT2D eigenvalue weighted by Crippen LogP contribution is -2.00. The largest absolute Gasteiger partial charge is 0.495 e. The molecule has 1 aromatic carbocycles. The van der Waals surface area contributed by atoms with Crippen LogP contribution >= 0.6 is 11.6 Å². The highest BCUT2D eigenvalue weighted by molar-refractivity contribution is 7.83. The average molecular weight is 301 g/mol. The van der Waals surface area contributed by atoms with E-state index in [2.05, 4.69) is 10.1 Å². The molecule has 0 radical (unpaired) electrons. The van der Waals surface area contributed by atoms with E-state index in [1.807, 2.05) is 6.07 Å². The van der Waals surface area contributed by atoms with E-state index in [-0.39, 0.29) is 5.75 Å². The Labute approximate surface area is 118 Å². The average Bonchev–Trinajstić information content (AvgIpc) is 2.74. The molecule has 0 bridgehead atoms. The summed E-state index contributed by atoms with van der Waals surface area (Å²) >= 11 is 6.01. The van der Waals surface area contributed by atoms with Gasteiger partial charge in [-0.1, -0.05) is 22.8 Å². The van der Waals surface area contributed by atoms with Crippen LogP contribution in [0.3, 0.4) is 0 Å². The molecule has 0 fully saturated rings. The van der Waals surface area contributed by atoms with Crippen LogP contribution < -0.4 is 4.74 Å². The molecule has 1 heterocycles. The van der Waals surface area contributed by atoms with E-state index >= 15 is 0 Å². The first-order chi connectivity index (χ1) is 9.08. The Hall–Kier alpha value is -1.40. The third-order valence-electron chi connectivity index (χ3n) is 2.40. The zero-order chi connectivity index (χ0) is 13.8. The third kappa shape index (κ3) is 3.78. The van der Waals surface area contributed by atoms with E-state index in [0.717, 1.165) is 5.56 Å². The van der Waals surface area contributed by atoms with E-state index in [0.29, 0.717) is 28.2 Å². The lowest BCUT2D eigenvalue weighted by molar-refractivity contribution is 0.386. The Kier molecular flexibility index (Phi) is 4.55. The Morgan fingerprint density at radius 3 is 2.79 bits per heavy atom. The molecule has 7 heteroatoms. The fraction of sp³-hybridized carbons (Fsp3) is 0.333. The Morgan fingerprint density at radius 2 is 2.21 bits per heavy atom. The molecule has 0 spiro atoms. The van der Waals surface area contributed by atoms with Gasteiger partial charge in [-0.05, 0) is 24.6 Å². The SMILES string of the molecule is COc1ccc(C[S@@](=O)Cc2nc(C)no2)cc1Cl. The smallest absolute Gasteiger partial charge is 0.239 e. The summed E-state index contributed by atoms with van der Waals surface area (Å²) in [6.45, 7) is 1.72. The predicted octanol–water partition coefficient (Wildman–Crippen LogP) is 2.49. The molecule has 0 unspecified atom stereocenters. The van der Waals surface area contributed by atoms with Crippen molar-refractivity contribution in [1.82, 2.24) is 10.1 Å². The normalized spacial score (nSPS) is 12.4. The second kappa shape index (κ2) is 6.16. The van der Waals surface area contributed by atoms with Gasteiger partial charge in [0.15, 0.2) is 5.82 Å². The first-order valence-electron chi connectivity index (χ1n) is 5.55. The number of hydrogen-bond acceptors (Lipinski definition) is 5. The van der Waals surface area contributed by atoms with Gasteiger partial charge in [0, 0.05) is 16.6 Å². The first-order valence-corrected chi connectivity index (χ1v) is 7.41. The molecule has 0 aliphatic carbocycles. The summed E-state index contributed by atoms with van der Waals surface area (Å²) in [5.41, 5.74) is 0.875. The maximum absolute atomic E-state index is 12.0. The Balaban J connectivity index is 2.00. The van der Waals surface area contributed by atoms with E-state index < -0.39 is 10.8 Å². The van der Waals surface area contributed by atoms with Crippen molar-refractivity contribution in [3.05, 3.63) is 40.5 Å². The van der Waals surface area contributed by atoms with Crippen molar-refractivity contribution in [3.8, 4) is 5.75 Å². The van der Waals surface area contributed by atoms with Gasteiger partial charge in [-0.3, -0.25) is 4.21 Å². The van der Waals surface area contributed by atoms with Gasteiger partial charge in [-0.2, -0.15) is 4.98 Å². The van der Waals surface area contributed by atoms with Crippen LogP contribution in [0.15, 0.2) is 22.7 Å². The number of ether oxygens (including phenoxy) is 1. The number of benzene rings is 1. The summed E-state index contributed by atoms with van der Waals surface area (Å²) in [6.07, 6.45) is 0. The van der Waals surface area contributed by atoms with Crippen molar-refractivity contribution in [2.75, 3.05) is 7.11 Å². The van der Waals surface area contributed by atoms with Crippen molar-refractivity contribution < 1.29 is 13.5 Å². The maximum Gasteiger partial charge on any atom is 0.239 e. The molecule has 102 valence electrons. The van der Waals surface area contributed by atoms with E-state index in [9.17, 15) is 4.21 Å². The second-order valence-corrected chi connectivity index (χ2v) is 5.80. The molecule has 0 saturated heterocycles. The van der Waals surface area contributed by atoms with Crippen LogP contribution in [0.1, 0.15) is 17.3 Å². The van der Waals surface area contributed by atoms with Gasteiger partial charge in [0.25, 0.3) is 0 Å². The predicted molar refractivity (Wildman–Crippen MR) is 72.6 cm³/mol. The lowest BCUT2D eigenvalue weighted by atomic mass is 10.2. The molecule has 1 atom stereocenters. The Morgan fingerprint density at radius 1 is 1.42 bits per heavy atom. The quantitative estimate of drug-likeness (QED) is 0.849. The number of halogens is 1. The highest BCUT2D eigenvalue weighted by atomic mass is 35.5. The van der Waals surface area contributed by atoms with Crippen molar-refractivity contribution >= 4 is 22.4 Å². The van der Waals surface area contributed by atoms with Crippen LogP contribution in [-0.4, -0.2) is 21.5 Å². The van der Waals surface area contributed by atoms with Gasteiger partial charge in [0.05, 0.1) is 12.1 Å². The second-order valence-electron chi connectivity index (χ2n) is 3.93. The molecule has 2 aromatic rings. The highest BCUT2D eigenvalue weighted by Gasteiger charge is 2.10. The van der Waals surface area contributed by atoms with Gasteiger partial charge in [-0.15, -0.1) is 0 Å². The zero-order valence-corrected chi connectivity index (χ0v) is 12.1. The van der Waals surface area contributed by atoms with Crippen LogP contribution in [0, 0.1) is 6.92 Å². The molecule has 0 N–H and O–H groups in total. The number of methoxy groups -OCH3 is 1. The van der Waals surface area contributed by atoms with Crippen LogP contribution in [0.2, 0.25) is 5.02 Å². The van der Waals surface area contributed by atoms with Gasteiger partial charge in [0.2, 0.25) is 5.89 Å². The minimum absolute atomic E-state index is 0.241. The third-order valence-corrected chi connectivity index (χ3v) is 3.92. The van der Waals surface area contributed by atoms with Gasteiger partial charge < -0.3 is 9.26 Å². The molecule has 2 rings (SSSR count). The number of rotatable bonds is 5. The summed E-state index contributed by atoms with van der Waals surface area (Å²) in [5, 5.41) is 4.16. The topological polar surface area (TPSA) is 65.2 Å². The molecule has 1 aromatic heterocycles. The first kappa shape index (κ1) is 14.0. The standard InChI is InChI=1S/C12H13ClN2O3S/c1-8-14-12(18-15-8)7-19(16)6-9-3-4-11(17-2)10(13)5-9/h3-5H,6-7H2,1-2H3/t19-/m1/s1.